The number of rotatable bonds is 4. The van der Waals surface area contributed by atoms with Gasteiger partial charge in [-0.3, -0.25) is 0 Å². The van der Waals surface area contributed by atoms with Crippen LogP contribution in [-0.2, 0) is 0 Å². The number of hydrogen-bond donors (Lipinski definition) is 1. The Kier molecular flexibility index (Phi) is 4.00. The zero-order valence-electron chi connectivity index (χ0n) is 7.05. The predicted octanol–water partition coefficient (Wildman–Crippen LogP) is 2.45. The molecule has 1 aromatic rings. The van der Waals surface area contributed by atoms with Crippen LogP contribution in [0.2, 0.25) is 0 Å². The fraction of sp³-hybridized carbons (Fsp3) is 0.500. The monoisotopic (exact) mass is 229 g/mol. The topological polar surface area (TPSA) is 37.8 Å². The van der Waals surface area contributed by atoms with E-state index in [1.54, 1.807) is 6.20 Å². The summed E-state index contributed by atoms with van der Waals surface area (Å²) in [6, 6.07) is 0. The molecule has 0 aliphatic heterocycles. The van der Waals surface area contributed by atoms with Crippen LogP contribution in [0.25, 0.3) is 0 Å². The third kappa shape index (κ3) is 2.77. The minimum atomic E-state index is 0.827. The highest BCUT2D eigenvalue weighted by Gasteiger charge is 1.97. The summed E-state index contributed by atoms with van der Waals surface area (Å²) < 4.78 is 0.827. The Morgan fingerprint density at radius 3 is 3.08 bits per heavy atom. The van der Waals surface area contributed by atoms with Crippen molar-refractivity contribution < 1.29 is 0 Å². The molecule has 0 saturated heterocycles. The molecule has 0 radical (unpaired) electrons. The van der Waals surface area contributed by atoms with Crippen LogP contribution in [0.4, 0.5) is 5.69 Å². The second-order valence-corrected chi connectivity index (χ2v) is 3.26. The Morgan fingerprint density at radius 1 is 1.58 bits per heavy atom. The van der Waals surface area contributed by atoms with Crippen molar-refractivity contribution in [1.82, 2.24) is 9.97 Å². The van der Waals surface area contributed by atoms with Gasteiger partial charge in [0.15, 0.2) is 0 Å². The lowest BCUT2D eigenvalue weighted by Gasteiger charge is -2.04. The van der Waals surface area contributed by atoms with E-state index in [0.717, 1.165) is 16.8 Å². The molecule has 0 aliphatic rings. The second-order valence-electron chi connectivity index (χ2n) is 2.51. The molecule has 1 heterocycles. The van der Waals surface area contributed by atoms with Gasteiger partial charge in [-0.05, 0) is 22.4 Å². The average molecular weight is 230 g/mol. The summed E-state index contributed by atoms with van der Waals surface area (Å²) in [5, 5.41) is 3.24. The van der Waals surface area contributed by atoms with Crippen molar-refractivity contribution >= 4 is 21.6 Å². The van der Waals surface area contributed by atoms with Crippen molar-refractivity contribution in [2.75, 3.05) is 11.9 Å². The Labute approximate surface area is 80.7 Å². The molecule has 0 aliphatic carbocycles. The molecule has 0 amide bonds. The number of nitrogens with zero attached hydrogens (tertiary/aromatic N) is 2. The smallest absolute Gasteiger partial charge is 0.132 e. The van der Waals surface area contributed by atoms with E-state index in [1.165, 1.54) is 19.2 Å². The third-order valence-corrected chi connectivity index (χ3v) is 2.14. The first-order valence-electron chi connectivity index (χ1n) is 4.04. The zero-order valence-corrected chi connectivity index (χ0v) is 8.63. The van der Waals surface area contributed by atoms with Crippen LogP contribution >= 0.6 is 15.9 Å². The molecule has 4 heteroatoms. The van der Waals surface area contributed by atoms with Gasteiger partial charge >= 0.3 is 0 Å². The van der Waals surface area contributed by atoms with Gasteiger partial charge in [-0.25, -0.2) is 9.97 Å². The van der Waals surface area contributed by atoms with Crippen molar-refractivity contribution in [2.24, 2.45) is 0 Å². The van der Waals surface area contributed by atoms with Crippen LogP contribution in [0.5, 0.6) is 0 Å². The van der Waals surface area contributed by atoms with E-state index in [0.29, 0.717) is 0 Å². The normalized spacial score (nSPS) is 9.83. The van der Waals surface area contributed by atoms with Gasteiger partial charge < -0.3 is 5.32 Å². The second kappa shape index (κ2) is 5.09. The summed E-state index contributed by atoms with van der Waals surface area (Å²) in [5.41, 5.74) is 0.964. The van der Waals surface area contributed by atoms with Gasteiger partial charge in [-0.1, -0.05) is 13.3 Å². The standard InChI is InChI=1S/C8H12BrN3/c1-2-3-4-11-7-5-10-6-12-8(7)9/h5-6,11H,2-4H2,1H3. The molecule has 12 heavy (non-hydrogen) atoms. The number of hydrogen-bond acceptors (Lipinski definition) is 3. The maximum atomic E-state index is 4.00. The lowest BCUT2D eigenvalue weighted by molar-refractivity contribution is 0.832. The van der Waals surface area contributed by atoms with Crippen LogP contribution in [0.15, 0.2) is 17.1 Å². The number of anilines is 1. The van der Waals surface area contributed by atoms with Crippen LogP contribution in [0, 0.1) is 0 Å². The molecule has 1 aromatic heterocycles. The summed E-state index contributed by atoms with van der Waals surface area (Å²) >= 11 is 3.33. The first-order valence-corrected chi connectivity index (χ1v) is 4.83. The third-order valence-electron chi connectivity index (χ3n) is 1.51. The molecular weight excluding hydrogens is 218 g/mol. The number of halogens is 1. The van der Waals surface area contributed by atoms with Crippen LogP contribution < -0.4 is 5.32 Å². The highest BCUT2D eigenvalue weighted by Crippen LogP contribution is 2.16. The summed E-state index contributed by atoms with van der Waals surface area (Å²) in [6.45, 7) is 3.14. The number of aromatic nitrogens is 2. The Morgan fingerprint density at radius 2 is 2.42 bits per heavy atom. The first kappa shape index (κ1) is 9.45. The van der Waals surface area contributed by atoms with E-state index < -0.39 is 0 Å². The van der Waals surface area contributed by atoms with Gasteiger partial charge in [-0.2, -0.15) is 0 Å². The lowest BCUT2D eigenvalue weighted by atomic mass is 10.3. The lowest BCUT2D eigenvalue weighted by Crippen LogP contribution is -2.02. The van der Waals surface area contributed by atoms with Gasteiger partial charge in [0.05, 0.1) is 11.9 Å². The van der Waals surface area contributed by atoms with Crippen LogP contribution in [-0.4, -0.2) is 16.5 Å². The Hall–Kier alpha value is -0.640. The van der Waals surface area contributed by atoms with E-state index in [1.807, 2.05) is 0 Å². The number of unbranched alkanes of at least 4 members (excludes halogenated alkanes) is 1. The van der Waals surface area contributed by atoms with Crippen LogP contribution in [0.1, 0.15) is 19.8 Å². The van der Waals surface area contributed by atoms with Crippen molar-refractivity contribution in [3.63, 3.8) is 0 Å². The zero-order chi connectivity index (χ0) is 8.81. The molecule has 3 nitrogen and oxygen atoms in total. The van der Waals surface area contributed by atoms with E-state index in [9.17, 15) is 0 Å². The maximum Gasteiger partial charge on any atom is 0.132 e. The van der Waals surface area contributed by atoms with E-state index >= 15 is 0 Å². The Bertz CT molecular complexity index is 239. The molecule has 0 aromatic carbocycles. The molecule has 66 valence electrons. The highest BCUT2D eigenvalue weighted by atomic mass is 79.9. The van der Waals surface area contributed by atoms with Crippen LogP contribution in [0.3, 0.4) is 0 Å². The fourth-order valence-corrected chi connectivity index (χ4v) is 1.17. The fourth-order valence-electron chi connectivity index (χ4n) is 0.833. The van der Waals surface area contributed by atoms with Gasteiger partial charge in [0.1, 0.15) is 10.9 Å². The SMILES string of the molecule is CCCCNc1cncnc1Br. The summed E-state index contributed by atoms with van der Waals surface area (Å²) in [7, 11) is 0. The molecule has 0 spiro atoms. The largest absolute Gasteiger partial charge is 0.382 e. The maximum absolute atomic E-state index is 4.00. The van der Waals surface area contributed by atoms with E-state index in [2.05, 4.69) is 38.1 Å². The molecule has 1 N–H and O–H groups in total. The Balaban J connectivity index is 2.46. The molecular formula is C8H12BrN3. The minimum Gasteiger partial charge on any atom is -0.382 e. The predicted molar refractivity (Wildman–Crippen MR) is 53.1 cm³/mol. The van der Waals surface area contributed by atoms with E-state index in [-0.39, 0.29) is 0 Å². The van der Waals surface area contributed by atoms with Crippen molar-refractivity contribution in [2.45, 2.75) is 19.8 Å². The summed E-state index contributed by atoms with van der Waals surface area (Å²) in [4.78, 5) is 7.92. The molecule has 0 saturated carbocycles. The molecule has 0 atom stereocenters. The summed E-state index contributed by atoms with van der Waals surface area (Å²) in [6.07, 6.45) is 5.65. The molecule has 1 rings (SSSR count). The average Bonchev–Trinajstić information content (AvgIpc) is 2.09. The van der Waals surface area contributed by atoms with Gasteiger partial charge in [0, 0.05) is 6.54 Å². The molecule has 0 fully saturated rings. The minimum absolute atomic E-state index is 0.827. The van der Waals surface area contributed by atoms with Crippen molar-refractivity contribution in [1.29, 1.82) is 0 Å². The number of nitrogens with one attached hydrogen (secondary N) is 1. The van der Waals surface area contributed by atoms with Crippen molar-refractivity contribution in [3.8, 4) is 0 Å². The first-order chi connectivity index (χ1) is 5.84. The quantitative estimate of drug-likeness (QED) is 0.637. The highest BCUT2D eigenvalue weighted by molar-refractivity contribution is 9.10. The molecule has 0 bridgehead atoms. The van der Waals surface area contributed by atoms with Gasteiger partial charge in [-0.15, -0.1) is 0 Å². The van der Waals surface area contributed by atoms with Gasteiger partial charge in [0.25, 0.3) is 0 Å². The molecule has 0 unspecified atom stereocenters. The van der Waals surface area contributed by atoms with E-state index in [4.69, 9.17) is 0 Å². The van der Waals surface area contributed by atoms with Gasteiger partial charge in [0.2, 0.25) is 0 Å². The van der Waals surface area contributed by atoms with Crippen molar-refractivity contribution in [3.05, 3.63) is 17.1 Å². The summed E-state index contributed by atoms with van der Waals surface area (Å²) in [5.74, 6) is 0.